The molecule has 0 aliphatic rings. The van der Waals surface area contributed by atoms with Crippen LogP contribution in [0.5, 0.6) is 5.75 Å². The number of hydrogen-bond donors (Lipinski definition) is 1. The van der Waals surface area contributed by atoms with Gasteiger partial charge in [-0.3, -0.25) is 4.79 Å². The Morgan fingerprint density at radius 1 is 1.03 bits per heavy atom. The van der Waals surface area contributed by atoms with E-state index in [-0.39, 0.29) is 10.5 Å². The van der Waals surface area contributed by atoms with Crippen molar-refractivity contribution in [3.63, 3.8) is 0 Å². The van der Waals surface area contributed by atoms with E-state index < -0.39 is 28.5 Å². The second kappa shape index (κ2) is 10.0. The van der Waals surface area contributed by atoms with Crippen LogP contribution in [-0.2, 0) is 19.6 Å². The van der Waals surface area contributed by atoms with Crippen molar-refractivity contribution in [2.24, 2.45) is 0 Å². The number of benzene rings is 2. The fraction of sp³-hybridized carbons (Fsp3) is 0.300. The molecule has 29 heavy (non-hydrogen) atoms. The Morgan fingerprint density at radius 2 is 1.72 bits per heavy atom. The van der Waals surface area contributed by atoms with Crippen molar-refractivity contribution in [3.8, 4) is 5.75 Å². The van der Waals surface area contributed by atoms with Crippen molar-refractivity contribution in [1.82, 2.24) is 4.31 Å². The zero-order chi connectivity index (χ0) is 21.4. The Hall–Kier alpha value is -2.91. The fourth-order valence-corrected chi connectivity index (χ4v) is 4.11. The predicted octanol–water partition coefficient (Wildman–Crippen LogP) is 2.52. The number of carbonyl (C=O) groups excluding carboxylic acids is 2. The number of methoxy groups -OCH3 is 1. The molecule has 9 heteroatoms. The Kier molecular flexibility index (Phi) is 7.74. The second-order valence-corrected chi connectivity index (χ2v) is 7.91. The first-order chi connectivity index (χ1) is 13.8. The van der Waals surface area contributed by atoms with E-state index in [0.717, 1.165) is 0 Å². The quantitative estimate of drug-likeness (QED) is 0.626. The Bertz CT molecular complexity index is 970. The van der Waals surface area contributed by atoms with Crippen LogP contribution >= 0.6 is 0 Å². The van der Waals surface area contributed by atoms with Gasteiger partial charge in [-0.05, 0) is 36.4 Å². The number of rotatable bonds is 9. The molecule has 0 aromatic heterocycles. The summed E-state index contributed by atoms with van der Waals surface area (Å²) in [5.74, 6) is -0.759. The lowest BCUT2D eigenvalue weighted by Crippen LogP contribution is -2.30. The number of hydrogen-bond acceptors (Lipinski definition) is 6. The first-order valence-corrected chi connectivity index (χ1v) is 10.5. The molecule has 2 rings (SSSR count). The molecule has 0 heterocycles. The van der Waals surface area contributed by atoms with Gasteiger partial charge in [-0.25, -0.2) is 13.2 Å². The summed E-state index contributed by atoms with van der Waals surface area (Å²) in [5.41, 5.74) is 0.546. The van der Waals surface area contributed by atoms with Gasteiger partial charge in [0, 0.05) is 18.8 Å². The van der Waals surface area contributed by atoms with Crippen molar-refractivity contribution >= 4 is 27.6 Å². The zero-order valence-electron chi connectivity index (χ0n) is 16.5. The smallest absolute Gasteiger partial charge is 0.338 e. The summed E-state index contributed by atoms with van der Waals surface area (Å²) in [6.07, 6.45) is 0. The number of ether oxygens (including phenoxy) is 2. The molecule has 1 amide bonds. The molecule has 0 unspecified atom stereocenters. The van der Waals surface area contributed by atoms with Gasteiger partial charge in [-0.15, -0.1) is 0 Å². The molecule has 0 bridgehead atoms. The maximum absolute atomic E-state index is 12.6. The number of carbonyl (C=O) groups is 2. The molecule has 2 aromatic carbocycles. The summed E-state index contributed by atoms with van der Waals surface area (Å²) in [6, 6.07) is 12.3. The summed E-state index contributed by atoms with van der Waals surface area (Å²) >= 11 is 0. The minimum absolute atomic E-state index is 0.0763. The molecule has 0 saturated heterocycles. The molecular weight excluding hydrogens is 396 g/mol. The molecule has 0 radical (unpaired) electrons. The van der Waals surface area contributed by atoms with Gasteiger partial charge in [-0.1, -0.05) is 26.0 Å². The van der Waals surface area contributed by atoms with Crippen molar-refractivity contribution in [2.75, 3.05) is 32.1 Å². The van der Waals surface area contributed by atoms with E-state index in [2.05, 4.69) is 5.32 Å². The van der Waals surface area contributed by atoms with E-state index in [4.69, 9.17) is 9.47 Å². The van der Waals surface area contributed by atoms with Gasteiger partial charge in [0.2, 0.25) is 10.0 Å². The van der Waals surface area contributed by atoms with Crippen LogP contribution in [0.1, 0.15) is 24.2 Å². The van der Waals surface area contributed by atoms with Gasteiger partial charge in [0.1, 0.15) is 5.75 Å². The van der Waals surface area contributed by atoms with Crippen LogP contribution in [0.15, 0.2) is 53.4 Å². The summed E-state index contributed by atoms with van der Waals surface area (Å²) < 4.78 is 36.5. The number of amides is 1. The molecule has 0 aliphatic carbocycles. The average Bonchev–Trinajstić information content (AvgIpc) is 2.73. The molecule has 0 spiro atoms. The Labute approximate surface area is 170 Å². The topological polar surface area (TPSA) is 102 Å². The van der Waals surface area contributed by atoms with E-state index in [1.165, 1.54) is 35.7 Å². The monoisotopic (exact) mass is 420 g/mol. The van der Waals surface area contributed by atoms with Crippen LogP contribution in [0.2, 0.25) is 0 Å². The molecule has 8 nitrogen and oxygen atoms in total. The molecule has 0 fully saturated rings. The van der Waals surface area contributed by atoms with Crippen LogP contribution in [-0.4, -0.2) is 51.4 Å². The maximum atomic E-state index is 12.6. The Morgan fingerprint density at radius 3 is 2.38 bits per heavy atom. The minimum Gasteiger partial charge on any atom is -0.497 e. The summed E-state index contributed by atoms with van der Waals surface area (Å²) in [4.78, 5) is 24.2. The number of nitrogens with zero attached hydrogens (tertiary/aromatic N) is 1. The second-order valence-electron chi connectivity index (χ2n) is 5.97. The highest BCUT2D eigenvalue weighted by molar-refractivity contribution is 7.89. The highest BCUT2D eigenvalue weighted by Crippen LogP contribution is 2.19. The van der Waals surface area contributed by atoms with Crippen LogP contribution in [0.3, 0.4) is 0 Å². The first kappa shape index (κ1) is 22.4. The molecule has 156 valence electrons. The highest BCUT2D eigenvalue weighted by Gasteiger charge is 2.22. The van der Waals surface area contributed by atoms with Crippen LogP contribution in [0.25, 0.3) is 0 Å². The standard InChI is InChI=1S/C20H24N2O6S/c1-4-22(5-2)29(25,26)18-11-7-9-16(13-18)21-19(23)14-28-20(24)15-8-6-10-17(12-15)27-3/h6-13H,4-5,14H2,1-3H3,(H,21,23). The Balaban J connectivity index is 2.01. The van der Waals surface area contributed by atoms with Gasteiger partial charge >= 0.3 is 5.97 Å². The SMILES string of the molecule is CCN(CC)S(=O)(=O)c1cccc(NC(=O)COC(=O)c2cccc(OC)c2)c1. The lowest BCUT2D eigenvalue weighted by molar-refractivity contribution is -0.119. The number of esters is 1. The van der Waals surface area contributed by atoms with Crippen molar-refractivity contribution < 1.29 is 27.5 Å². The van der Waals surface area contributed by atoms with Crippen LogP contribution in [0, 0.1) is 0 Å². The minimum atomic E-state index is -3.64. The van der Waals surface area contributed by atoms with E-state index in [0.29, 0.717) is 24.5 Å². The predicted molar refractivity (Wildman–Crippen MR) is 108 cm³/mol. The lowest BCUT2D eigenvalue weighted by Gasteiger charge is -2.18. The third-order valence-electron chi connectivity index (χ3n) is 4.10. The average molecular weight is 420 g/mol. The summed E-state index contributed by atoms with van der Waals surface area (Å²) in [5, 5.41) is 2.53. The first-order valence-electron chi connectivity index (χ1n) is 9.03. The van der Waals surface area contributed by atoms with E-state index in [1.807, 2.05) is 0 Å². The summed E-state index contributed by atoms with van der Waals surface area (Å²) in [6.45, 7) is 3.68. The number of nitrogens with one attached hydrogen (secondary N) is 1. The maximum Gasteiger partial charge on any atom is 0.338 e. The van der Waals surface area contributed by atoms with E-state index in [9.17, 15) is 18.0 Å². The van der Waals surface area contributed by atoms with Gasteiger partial charge in [0.15, 0.2) is 6.61 Å². The van der Waals surface area contributed by atoms with E-state index in [1.54, 1.807) is 38.1 Å². The van der Waals surface area contributed by atoms with Crippen molar-refractivity contribution in [2.45, 2.75) is 18.7 Å². The molecule has 2 aromatic rings. The third-order valence-corrected chi connectivity index (χ3v) is 6.15. The van der Waals surface area contributed by atoms with Crippen LogP contribution < -0.4 is 10.1 Å². The lowest BCUT2D eigenvalue weighted by atomic mass is 10.2. The molecule has 0 saturated carbocycles. The van der Waals surface area contributed by atoms with Gasteiger partial charge in [0.25, 0.3) is 5.91 Å². The van der Waals surface area contributed by atoms with Gasteiger partial charge in [0.05, 0.1) is 17.6 Å². The molecule has 0 aliphatic heterocycles. The largest absolute Gasteiger partial charge is 0.497 e. The number of anilines is 1. The zero-order valence-corrected chi connectivity index (χ0v) is 17.4. The highest BCUT2D eigenvalue weighted by atomic mass is 32.2. The summed E-state index contributed by atoms with van der Waals surface area (Å²) in [7, 11) is -2.16. The number of sulfonamides is 1. The van der Waals surface area contributed by atoms with Crippen molar-refractivity contribution in [1.29, 1.82) is 0 Å². The molecule has 0 atom stereocenters. The van der Waals surface area contributed by atoms with E-state index >= 15 is 0 Å². The third kappa shape index (κ3) is 5.78. The molecule has 1 N–H and O–H groups in total. The normalized spacial score (nSPS) is 11.2. The van der Waals surface area contributed by atoms with Gasteiger partial charge < -0.3 is 14.8 Å². The van der Waals surface area contributed by atoms with Crippen LogP contribution in [0.4, 0.5) is 5.69 Å². The van der Waals surface area contributed by atoms with Gasteiger partial charge in [-0.2, -0.15) is 4.31 Å². The molecular formula is C20H24N2O6S. The fourth-order valence-electron chi connectivity index (χ4n) is 2.61. The van der Waals surface area contributed by atoms with Crippen molar-refractivity contribution in [3.05, 3.63) is 54.1 Å².